The summed E-state index contributed by atoms with van der Waals surface area (Å²) in [4.78, 5) is 14.1. The number of nitrogens with one attached hydrogen (secondary N) is 1. The summed E-state index contributed by atoms with van der Waals surface area (Å²) in [6.07, 6.45) is 0. The highest BCUT2D eigenvalue weighted by Crippen LogP contribution is 2.25. The standard InChI is InChI=1S/C12H11F2NO/c1-7(16)12-4-9-10(6-14)8(5-13)2-3-11(9)15-12/h2-4,15H,5-6H2,1H3. The molecule has 0 amide bonds. The number of Topliss-reactive ketones (excluding diaryl/α,β-unsaturated/α-hetero) is 1. The third kappa shape index (κ3) is 1.60. The van der Waals surface area contributed by atoms with Gasteiger partial charge < -0.3 is 4.98 Å². The monoisotopic (exact) mass is 223 g/mol. The molecule has 84 valence electrons. The van der Waals surface area contributed by atoms with Crippen LogP contribution < -0.4 is 0 Å². The van der Waals surface area contributed by atoms with Crippen LogP contribution in [0.15, 0.2) is 18.2 Å². The zero-order valence-electron chi connectivity index (χ0n) is 8.81. The molecule has 1 N–H and O–H groups in total. The van der Waals surface area contributed by atoms with Crippen LogP contribution in [0, 0.1) is 0 Å². The predicted octanol–water partition coefficient (Wildman–Crippen LogP) is 3.31. The second-order valence-electron chi connectivity index (χ2n) is 3.67. The predicted molar refractivity (Wildman–Crippen MR) is 57.9 cm³/mol. The topological polar surface area (TPSA) is 32.9 Å². The molecule has 0 spiro atoms. The molecule has 0 unspecified atom stereocenters. The van der Waals surface area contributed by atoms with Gasteiger partial charge in [0.05, 0.1) is 5.69 Å². The SMILES string of the molecule is CC(=O)c1cc2c(CF)c(CF)ccc2[nH]1. The number of carbonyl (C=O) groups is 1. The van der Waals surface area contributed by atoms with Crippen molar-refractivity contribution >= 4 is 16.7 Å². The van der Waals surface area contributed by atoms with Crippen LogP contribution in [0.4, 0.5) is 8.78 Å². The Balaban J connectivity index is 2.71. The lowest BCUT2D eigenvalue weighted by Gasteiger charge is -2.03. The normalized spacial score (nSPS) is 10.9. The Kier molecular flexibility index (Phi) is 2.73. The van der Waals surface area contributed by atoms with E-state index in [1.165, 1.54) is 13.0 Å². The molecule has 0 aliphatic rings. The Hall–Kier alpha value is -1.71. The maximum atomic E-state index is 12.8. The van der Waals surface area contributed by atoms with E-state index in [9.17, 15) is 13.6 Å². The number of hydrogen-bond donors (Lipinski definition) is 1. The Labute approximate surface area is 91.3 Å². The fraction of sp³-hybridized carbons (Fsp3) is 0.250. The minimum absolute atomic E-state index is 0.122. The smallest absolute Gasteiger partial charge is 0.175 e. The van der Waals surface area contributed by atoms with Gasteiger partial charge in [0.15, 0.2) is 5.78 Å². The van der Waals surface area contributed by atoms with E-state index in [0.29, 0.717) is 27.7 Å². The molecule has 0 saturated carbocycles. The average molecular weight is 223 g/mol. The molecule has 4 heteroatoms. The Morgan fingerprint density at radius 2 is 2.06 bits per heavy atom. The van der Waals surface area contributed by atoms with Crippen LogP contribution >= 0.6 is 0 Å². The maximum absolute atomic E-state index is 12.8. The molecule has 0 aliphatic heterocycles. The molecule has 2 aromatic rings. The first-order valence-electron chi connectivity index (χ1n) is 4.93. The Morgan fingerprint density at radius 3 is 2.62 bits per heavy atom. The largest absolute Gasteiger partial charge is 0.352 e. The summed E-state index contributed by atoms with van der Waals surface area (Å²) < 4.78 is 25.5. The summed E-state index contributed by atoms with van der Waals surface area (Å²) in [5.74, 6) is -0.122. The molecular weight excluding hydrogens is 212 g/mol. The molecule has 1 aromatic heterocycles. The second-order valence-corrected chi connectivity index (χ2v) is 3.67. The summed E-state index contributed by atoms with van der Waals surface area (Å²) >= 11 is 0. The molecule has 1 heterocycles. The van der Waals surface area contributed by atoms with Crippen molar-refractivity contribution in [1.82, 2.24) is 4.98 Å². The summed E-state index contributed by atoms with van der Waals surface area (Å²) in [5, 5.41) is 0.586. The average Bonchev–Trinajstić information content (AvgIpc) is 2.71. The first-order valence-corrected chi connectivity index (χ1v) is 4.93. The number of benzene rings is 1. The highest BCUT2D eigenvalue weighted by molar-refractivity contribution is 5.99. The van der Waals surface area contributed by atoms with E-state index < -0.39 is 13.3 Å². The zero-order valence-corrected chi connectivity index (χ0v) is 8.81. The molecule has 16 heavy (non-hydrogen) atoms. The van der Waals surface area contributed by atoms with Crippen molar-refractivity contribution < 1.29 is 13.6 Å². The molecule has 0 radical (unpaired) electrons. The number of rotatable bonds is 3. The van der Waals surface area contributed by atoms with Gasteiger partial charge in [0, 0.05) is 17.8 Å². The fourth-order valence-electron chi connectivity index (χ4n) is 1.78. The van der Waals surface area contributed by atoms with E-state index in [1.54, 1.807) is 12.1 Å². The van der Waals surface area contributed by atoms with Gasteiger partial charge in [-0.25, -0.2) is 8.78 Å². The van der Waals surface area contributed by atoms with E-state index in [0.717, 1.165) is 0 Å². The molecule has 0 bridgehead atoms. The van der Waals surface area contributed by atoms with Gasteiger partial charge in [0.2, 0.25) is 0 Å². The van der Waals surface area contributed by atoms with E-state index in [2.05, 4.69) is 4.98 Å². The number of fused-ring (bicyclic) bond motifs is 1. The highest BCUT2D eigenvalue weighted by atomic mass is 19.1. The van der Waals surface area contributed by atoms with Gasteiger partial charge in [-0.15, -0.1) is 0 Å². The van der Waals surface area contributed by atoms with Crippen LogP contribution in [0.2, 0.25) is 0 Å². The number of halogens is 2. The fourth-order valence-corrected chi connectivity index (χ4v) is 1.78. The molecule has 1 aromatic carbocycles. The van der Waals surface area contributed by atoms with Gasteiger partial charge >= 0.3 is 0 Å². The van der Waals surface area contributed by atoms with Crippen LogP contribution in [0.5, 0.6) is 0 Å². The highest BCUT2D eigenvalue weighted by Gasteiger charge is 2.11. The quantitative estimate of drug-likeness (QED) is 0.795. The van der Waals surface area contributed by atoms with Crippen LogP contribution in [0.25, 0.3) is 10.9 Å². The number of hydrogen-bond acceptors (Lipinski definition) is 1. The number of carbonyl (C=O) groups excluding carboxylic acids is 1. The molecule has 0 saturated heterocycles. The number of alkyl halides is 2. The van der Waals surface area contributed by atoms with Gasteiger partial charge in [-0.2, -0.15) is 0 Å². The van der Waals surface area contributed by atoms with Gasteiger partial charge in [-0.1, -0.05) is 6.07 Å². The van der Waals surface area contributed by atoms with Gasteiger partial charge in [-0.05, 0) is 23.3 Å². The lowest BCUT2D eigenvalue weighted by molar-refractivity contribution is 0.101. The van der Waals surface area contributed by atoms with E-state index >= 15 is 0 Å². The third-order valence-corrected chi connectivity index (χ3v) is 2.67. The Bertz CT molecular complexity index is 545. The zero-order chi connectivity index (χ0) is 11.7. The van der Waals surface area contributed by atoms with E-state index in [-0.39, 0.29) is 5.78 Å². The van der Waals surface area contributed by atoms with Crippen molar-refractivity contribution in [2.75, 3.05) is 0 Å². The first kappa shape index (κ1) is 10.8. The van der Waals surface area contributed by atoms with E-state index in [4.69, 9.17) is 0 Å². The molecule has 0 atom stereocenters. The van der Waals surface area contributed by atoms with Gasteiger partial charge in [0.25, 0.3) is 0 Å². The van der Waals surface area contributed by atoms with Crippen molar-refractivity contribution in [2.45, 2.75) is 20.3 Å². The Morgan fingerprint density at radius 1 is 1.31 bits per heavy atom. The number of H-pyrrole nitrogens is 1. The van der Waals surface area contributed by atoms with Crippen molar-refractivity contribution in [2.24, 2.45) is 0 Å². The number of aromatic nitrogens is 1. The maximum Gasteiger partial charge on any atom is 0.175 e. The van der Waals surface area contributed by atoms with Crippen molar-refractivity contribution in [3.8, 4) is 0 Å². The molecular formula is C12H11F2NO. The third-order valence-electron chi connectivity index (χ3n) is 2.67. The molecule has 2 rings (SSSR count). The van der Waals surface area contributed by atoms with Crippen LogP contribution in [-0.4, -0.2) is 10.8 Å². The van der Waals surface area contributed by atoms with Gasteiger partial charge in [0.1, 0.15) is 13.3 Å². The summed E-state index contributed by atoms with van der Waals surface area (Å²) in [6, 6.07) is 4.78. The van der Waals surface area contributed by atoms with Crippen LogP contribution in [0.1, 0.15) is 28.5 Å². The lowest BCUT2D eigenvalue weighted by Crippen LogP contribution is -1.89. The lowest BCUT2D eigenvalue weighted by atomic mass is 10.0. The van der Waals surface area contributed by atoms with Gasteiger partial charge in [-0.3, -0.25) is 4.79 Å². The first-order chi connectivity index (χ1) is 7.67. The van der Waals surface area contributed by atoms with Crippen molar-refractivity contribution in [3.63, 3.8) is 0 Å². The summed E-state index contributed by atoms with van der Waals surface area (Å²) in [7, 11) is 0. The minimum atomic E-state index is -0.730. The summed E-state index contributed by atoms with van der Waals surface area (Å²) in [5.41, 5.74) is 1.74. The minimum Gasteiger partial charge on any atom is -0.352 e. The summed E-state index contributed by atoms with van der Waals surface area (Å²) in [6.45, 7) is -0.00251. The van der Waals surface area contributed by atoms with Crippen molar-refractivity contribution in [3.05, 3.63) is 35.0 Å². The number of aromatic amines is 1. The second kappa shape index (κ2) is 4.04. The van der Waals surface area contributed by atoms with Crippen LogP contribution in [-0.2, 0) is 13.3 Å². The van der Waals surface area contributed by atoms with Crippen molar-refractivity contribution in [1.29, 1.82) is 0 Å². The molecule has 2 nitrogen and oxygen atoms in total. The number of ketones is 1. The molecule has 0 fully saturated rings. The van der Waals surface area contributed by atoms with E-state index in [1.807, 2.05) is 0 Å². The van der Waals surface area contributed by atoms with Crippen LogP contribution in [0.3, 0.4) is 0 Å². The molecule has 0 aliphatic carbocycles.